The van der Waals surface area contributed by atoms with Crippen molar-refractivity contribution in [3.8, 4) is 5.75 Å². The van der Waals surface area contributed by atoms with Gasteiger partial charge in [0, 0.05) is 23.7 Å². The first-order valence-corrected chi connectivity index (χ1v) is 7.25. The number of rotatable bonds is 9. The van der Waals surface area contributed by atoms with Gasteiger partial charge >= 0.3 is 0 Å². The van der Waals surface area contributed by atoms with Crippen molar-refractivity contribution in [1.29, 1.82) is 0 Å². The Morgan fingerprint density at radius 3 is 2.84 bits per heavy atom. The highest BCUT2D eigenvalue weighted by atomic mass is 79.9. The van der Waals surface area contributed by atoms with Crippen LogP contribution in [0.15, 0.2) is 22.7 Å². The number of hydrogen-bond donors (Lipinski definition) is 2. The Morgan fingerprint density at radius 1 is 1.42 bits per heavy atom. The molecule has 0 aliphatic heterocycles. The zero-order valence-electron chi connectivity index (χ0n) is 11.5. The molecule has 1 aromatic rings. The minimum Gasteiger partial charge on any atom is -0.493 e. The van der Waals surface area contributed by atoms with Gasteiger partial charge in [-0.15, -0.1) is 0 Å². The van der Waals surface area contributed by atoms with Crippen LogP contribution in [0, 0.1) is 0 Å². The van der Waals surface area contributed by atoms with E-state index in [1.54, 1.807) is 7.11 Å². The molecule has 19 heavy (non-hydrogen) atoms. The van der Waals surface area contributed by atoms with Gasteiger partial charge in [0.1, 0.15) is 5.75 Å². The molecule has 0 saturated carbocycles. The van der Waals surface area contributed by atoms with Gasteiger partial charge in [0.05, 0.1) is 25.9 Å². The van der Waals surface area contributed by atoms with Crippen LogP contribution >= 0.6 is 15.9 Å². The molecule has 1 unspecified atom stereocenters. The van der Waals surface area contributed by atoms with Gasteiger partial charge < -0.3 is 19.9 Å². The van der Waals surface area contributed by atoms with Crippen LogP contribution in [0.3, 0.4) is 0 Å². The molecular formula is C14H22BrNO3. The Morgan fingerprint density at radius 2 is 2.21 bits per heavy atom. The van der Waals surface area contributed by atoms with Crippen LogP contribution in [-0.2, 0) is 11.3 Å². The highest BCUT2D eigenvalue weighted by molar-refractivity contribution is 9.10. The van der Waals surface area contributed by atoms with Crippen molar-refractivity contribution in [2.24, 2.45) is 0 Å². The first-order chi connectivity index (χ1) is 9.21. The van der Waals surface area contributed by atoms with Crippen molar-refractivity contribution >= 4 is 15.9 Å². The van der Waals surface area contributed by atoms with Crippen molar-refractivity contribution in [2.45, 2.75) is 25.9 Å². The number of halogens is 1. The van der Waals surface area contributed by atoms with E-state index in [1.807, 2.05) is 18.2 Å². The lowest BCUT2D eigenvalue weighted by Gasteiger charge is -2.17. The SMILES string of the molecule is CCCOc1ccc(Br)cc1CNC(CO)COC. The van der Waals surface area contributed by atoms with E-state index < -0.39 is 0 Å². The van der Waals surface area contributed by atoms with Crippen LogP contribution in [0.5, 0.6) is 5.75 Å². The normalized spacial score (nSPS) is 12.4. The molecule has 2 N–H and O–H groups in total. The summed E-state index contributed by atoms with van der Waals surface area (Å²) in [5.74, 6) is 0.881. The maximum atomic E-state index is 9.22. The van der Waals surface area contributed by atoms with Crippen molar-refractivity contribution in [2.75, 3.05) is 26.9 Å². The molecule has 4 nitrogen and oxygen atoms in total. The molecule has 0 fully saturated rings. The number of hydrogen-bond acceptors (Lipinski definition) is 4. The first-order valence-electron chi connectivity index (χ1n) is 6.45. The molecule has 1 rings (SSSR count). The maximum absolute atomic E-state index is 9.22. The van der Waals surface area contributed by atoms with E-state index in [-0.39, 0.29) is 12.6 Å². The van der Waals surface area contributed by atoms with Crippen molar-refractivity contribution in [3.63, 3.8) is 0 Å². The summed E-state index contributed by atoms with van der Waals surface area (Å²) in [6.45, 7) is 3.95. The van der Waals surface area contributed by atoms with Gasteiger partial charge in [-0.05, 0) is 24.6 Å². The predicted octanol–water partition coefficient (Wildman–Crippen LogP) is 2.33. The molecule has 5 heteroatoms. The second-order valence-corrected chi connectivity index (χ2v) is 5.23. The van der Waals surface area contributed by atoms with Gasteiger partial charge in [-0.1, -0.05) is 22.9 Å². The smallest absolute Gasteiger partial charge is 0.123 e. The standard InChI is InChI=1S/C14H22BrNO3/c1-3-6-19-14-5-4-12(15)7-11(14)8-16-13(9-17)10-18-2/h4-5,7,13,16-17H,3,6,8-10H2,1-2H3. The van der Waals surface area contributed by atoms with Crippen LogP contribution in [0.1, 0.15) is 18.9 Å². The molecule has 1 aromatic carbocycles. The number of aliphatic hydroxyl groups excluding tert-OH is 1. The van der Waals surface area contributed by atoms with Gasteiger partial charge in [-0.3, -0.25) is 0 Å². The quantitative estimate of drug-likeness (QED) is 0.729. The van der Waals surface area contributed by atoms with Gasteiger partial charge in [-0.25, -0.2) is 0 Å². The van der Waals surface area contributed by atoms with Crippen molar-refractivity contribution < 1.29 is 14.6 Å². The van der Waals surface area contributed by atoms with Crippen molar-refractivity contribution in [1.82, 2.24) is 5.32 Å². The highest BCUT2D eigenvalue weighted by Crippen LogP contribution is 2.23. The molecule has 0 aliphatic rings. The van der Waals surface area contributed by atoms with Gasteiger partial charge in [0.25, 0.3) is 0 Å². The second-order valence-electron chi connectivity index (χ2n) is 4.32. The Bertz CT molecular complexity index is 374. The molecule has 0 aliphatic carbocycles. The summed E-state index contributed by atoms with van der Waals surface area (Å²) in [4.78, 5) is 0. The maximum Gasteiger partial charge on any atom is 0.123 e. The van der Waals surface area contributed by atoms with Crippen LogP contribution in [-0.4, -0.2) is 38.1 Å². The fourth-order valence-electron chi connectivity index (χ4n) is 1.67. The largest absolute Gasteiger partial charge is 0.493 e. The number of benzene rings is 1. The van der Waals surface area contributed by atoms with Gasteiger partial charge in [0.15, 0.2) is 0 Å². The molecular weight excluding hydrogens is 310 g/mol. The molecule has 0 saturated heterocycles. The average molecular weight is 332 g/mol. The van der Waals surface area contributed by atoms with E-state index in [9.17, 15) is 5.11 Å². The van der Waals surface area contributed by atoms with E-state index in [0.29, 0.717) is 19.8 Å². The van der Waals surface area contributed by atoms with E-state index >= 15 is 0 Å². The third kappa shape index (κ3) is 5.91. The van der Waals surface area contributed by atoms with Crippen molar-refractivity contribution in [3.05, 3.63) is 28.2 Å². The van der Waals surface area contributed by atoms with E-state index in [2.05, 4.69) is 28.2 Å². The lowest BCUT2D eigenvalue weighted by molar-refractivity contribution is 0.128. The zero-order chi connectivity index (χ0) is 14.1. The Kier molecular flexibility index (Phi) is 8.05. The summed E-state index contributed by atoms with van der Waals surface area (Å²) >= 11 is 3.46. The number of methoxy groups -OCH3 is 1. The number of aliphatic hydroxyl groups is 1. The number of nitrogens with one attached hydrogen (secondary N) is 1. The highest BCUT2D eigenvalue weighted by Gasteiger charge is 2.09. The van der Waals surface area contributed by atoms with Crippen LogP contribution in [0.25, 0.3) is 0 Å². The molecule has 0 aromatic heterocycles. The topological polar surface area (TPSA) is 50.7 Å². The Hall–Kier alpha value is -0.620. The minimum absolute atomic E-state index is 0.0486. The summed E-state index contributed by atoms with van der Waals surface area (Å²) < 4.78 is 11.8. The lowest BCUT2D eigenvalue weighted by atomic mass is 10.2. The summed E-state index contributed by atoms with van der Waals surface area (Å²) in [5, 5.41) is 12.5. The summed E-state index contributed by atoms with van der Waals surface area (Å²) in [6.07, 6.45) is 0.978. The summed E-state index contributed by atoms with van der Waals surface area (Å²) in [6, 6.07) is 5.89. The third-order valence-corrected chi connectivity index (χ3v) is 3.15. The molecule has 108 valence electrons. The van der Waals surface area contributed by atoms with Crippen LogP contribution < -0.4 is 10.1 Å². The van der Waals surface area contributed by atoms with Crippen LogP contribution in [0.2, 0.25) is 0 Å². The molecule has 0 bridgehead atoms. The molecule has 1 atom stereocenters. The second kappa shape index (κ2) is 9.31. The number of ether oxygens (including phenoxy) is 2. The predicted molar refractivity (Wildman–Crippen MR) is 79.5 cm³/mol. The lowest BCUT2D eigenvalue weighted by Crippen LogP contribution is -2.36. The fourth-order valence-corrected chi connectivity index (χ4v) is 2.08. The summed E-state index contributed by atoms with van der Waals surface area (Å²) in [7, 11) is 1.62. The van der Waals surface area contributed by atoms with Crippen LogP contribution in [0.4, 0.5) is 0 Å². The van der Waals surface area contributed by atoms with E-state index in [1.165, 1.54) is 0 Å². The fraction of sp³-hybridized carbons (Fsp3) is 0.571. The van der Waals surface area contributed by atoms with E-state index in [4.69, 9.17) is 9.47 Å². The monoisotopic (exact) mass is 331 g/mol. The first kappa shape index (κ1) is 16.4. The Labute approximate surface area is 123 Å². The molecule has 0 amide bonds. The zero-order valence-corrected chi connectivity index (χ0v) is 13.1. The minimum atomic E-state index is -0.0667. The average Bonchev–Trinajstić information content (AvgIpc) is 2.42. The molecule has 0 spiro atoms. The molecule has 0 heterocycles. The van der Waals surface area contributed by atoms with E-state index in [0.717, 1.165) is 22.2 Å². The van der Waals surface area contributed by atoms with Gasteiger partial charge in [0.2, 0.25) is 0 Å². The Balaban J connectivity index is 2.66. The molecule has 0 radical (unpaired) electrons. The van der Waals surface area contributed by atoms with Gasteiger partial charge in [-0.2, -0.15) is 0 Å². The third-order valence-electron chi connectivity index (χ3n) is 2.65. The summed E-state index contributed by atoms with van der Waals surface area (Å²) in [5.41, 5.74) is 1.07.